The minimum atomic E-state index is -1.19. The normalized spacial score (nSPS) is 15.6. The third kappa shape index (κ3) is 18.8. The van der Waals surface area contributed by atoms with Gasteiger partial charge in [-0.25, -0.2) is 0 Å². The summed E-state index contributed by atoms with van der Waals surface area (Å²) in [7, 11) is 0. The van der Waals surface area contributed by atoms with E-state index in [1.165, 1.54) is 48.5 Å². The van der Waals surface area contributed by atoms with Crippen molar-refractivity contribution in [3.8, 4) is 0 Å². The number of nitrogens with one attached hydrogen (secondary N) is 10. The van der Waals surface area contributed by atoms with Gasteiger partial charge < -0.3 is 64.6 Å². The molecule has 0 aromatic rings. The zero-order chi connectivity index (χ0) is 45.2. The molecule has 0 fully saturated rings. The predicted octanol–water partition coefficient (Wildman–Crippen LogP) is -5.64. The van der Waals surface area contributed by atoms with Gasteiger partial charge in [0.1, 0.15) is 48.3 Å². The Balaban J connectivity index is 4.85. The molecule has 23 heteroatoms. The number of nitrogens with two attached hydrogens (primary N) is 2. The van der Waals surface area contributed by atoms with Crippen LogP contribution in [0.5, 0.6) is 0 Å². The monoisotopic (exact) mass is 826 g/mol. The fourth-order valence-corrected chi connectivity index (χ4v) is 4.60. The number of carbonyl (C=O) groups is 11. The van der Waals surface area contributed by atoms with E-state index in [4.69, 9.17) is 11.5 Å². The van der Waals surface area contributed by atoms with Crippen LogP contribution < -0.4 is 64.6 Å². The highest BCUT2D eigenvalue weighted by Crippen LogP contribution is 2.06. The molecular formula is C35H62N12O11. The molecule has 0 aliphatic carbocycles. The molecule has 0 aliphatic heterocycles. The van der Waals surface area contributed by atoms with Gasteiger partial charge in [-0.05, 0) is 60.3 Å². The first kappa shape index (κ1) is 52.1. The van der Waals surface area contributed by atoms with Crippen LogP contribution in [-0.2, 0) is 52.7 Å². The van der Waals surface area contributed by atoms with Crippen LogP contribution in [0.3, 0.4) is 0 Å². The van der Waals surface area contributed by atoms with Gasteiger partial charge in [0, 0.05) is 0 Å². The number of hydrogen-bond acceptors (Lipinski definition) is 12. The van der Waals surface area contributed by atoms with Crippen LogP contribution in [0, 0.1) is 11.8 Å². The fourth-order valence-electron chi connectivity index (χ4n) is 4.60. The average molecular weight is 827 g/mol. The SMILES string of the molecule is CC(C)[C@H](NC(=O)[C@@H](NC(=O)[C@H](C)NC(=O)CNC(=O)[C@H](C)NC(=O)[C@H](C)NC(=O)[C@H](C)NC(=O)[C@H](C)NC(=O)CNC(=O)[C@H](C)NC(=O)[C@H](C)N)C(C)C)C(N)=O. The van der Waals surface area contributed by atoms with Crippen LogP contribution in [0.4, 0.5) is 0 Å². The van der Waals surface area contributed by atoms with Crippen molar-refractivity contribution in [2.45, 2.75) is 131 Å². The van der Waals surface area contributed by atoms with Crippen molar-refractivity contribution in [2.24, 2.45) is 23.3 Å². The van der Waals surface area contributed by atoms with Crippen LogP contribution in [0.15, 0.2) is 0 Å². The third-order valence-electron chi connectivity index (χ3n) is 8.33. The Hall–Kier alpha value is -5.87. The Labute approximate surface area is 337 Å². The highest BCUT2D eigenvalue weighted by molar-refractivity contribution is 5.97. The van der Waals surface area contributed by atoms with E-state index in [-0.39, 0.29) is 5.92 Å². The van der Waals surface area contributed by atoms with Gasteiger partial charge in [0.25, 0.3) is 0 Å². The Kier molecular flexibility index (Phi) is 22.2. The topological polar surface area (TPSA) is 360 Å². The Bertz CT molecular complexity index is 1540. The summed E-state index contributed by atoms with van der Waals surface area (Å²) in [5.41, 5.74) is 10.8. The first-order valence-corrected chi connectivity index (χ1v) is 18.7. The summed E-state index contributed by atoms with van der Waals surface area (Å²) < 4.78 is 0. The van der Waals surface area contributed by atoms with Crippen molar-refractivity contribution in [3.63, 3.8) is 0 Å². The van der Waals surface area contributed by atoms with Crippen molar-refractivity contribution >= 4 is 65.0 Å². The molecule has 0 saturated carbocycles. The maximum atomic E-state index is 12.8. The minimum absolute atomic E-state index is 0.301. The van der Waals surface area contributed by atoms with E-state index in [9.17, 15) is 52.7 Å². The minimum Gasteiger partial charge on any atom is -0.368 e. The lowest BCUT2D eigenvalue weighted by Gasteiger charge is -2.27. The molecule has 11 amide bonds. The van der Waals surface area contributed by atoms with E-state index in [2.05, 4.69) is 53.2 Å². The average Bonchev–Trinajstić information content (AvgIpc) is 3.12. The summed E-state index contributed by atoms with van der Waals surface area (Å²) in [4.78, 5) is 136. The largest absolute Gasteiger partial charge is 0.368 e. The van der Waals surface area contributed by atoms with Gasteiger partial charge in [-0.15, -0.1) is 0 Å². The van der Waals surface area contributed by atoms with Gasteiger partial charge in [-0.3, -0.25) is 52.7 Å². The van der Waals surface area contributed by atoms with Gasteiger partial charge in [0.2, 0.25) is 65.0 Å². The molecule has 0 unspecified atom stereocenters. The lowest BCUT2D eigenvalue weighted by atomic mass is 9.99. The number of rotatable bonds is 23. The number of hydrogen-bond donors (Lipinski definition) is 12. The summed E-state index contributed by atoms with van der Waals surface area (Å²) in [6, 6.07) is -9.64. The van der Waals surface area contributed by atoms with E-state index >= 15 is 0 Å². The van der Waals surface area contributed by atoms with Gasteiger partial charge >= 0.3 is 0 Å². The molecule has 0 aromatic carbocycles. The summed E-state index contributed by atoms with van der Waals surface area (Å²) in [5.74, 6) is -8.59. The zero-order valence-corrected chi connectivity index (χ0v) is 34.9. The molecule has 328 valence electrons. The van der Waals surface area contributed by atoms with Crippen molar-refractivity contribution in [1.29, 1.82) is 0 Å². The second-order valence-electron chi connectivity index (χ2n) is 14.6. The molecule has 58 heavy (non-hydrogen) atoms. The van der Waals surface area contributed by atoms with Crippen LogP contribution in [0.25, 0.3) is 0 Å². The lowest BCUT2D eigenvalue weighted by Crippen LogP contribution is -2.58. The van der Waals surface area contributed by atoms with Crippen molar-refractivity contribution in [1.82, 2.24) is 53.2 Å². The second-order valence-corrected chi connectivity index (χ2v) is 14.6. The Morgan fingerprint density at radius 3 is 0.948 bits per heavy atom. The standard InChI is InChI=1S/C35H62N12O11/c1-14(2)25(27(37)50)46-35(58)26(15(3)4)47-34(57)20(9)41-24(49)13-39-30(53)18(7)43-32(55)21(10)45-33(56)22(11)44-31(54)19(8)40-23(48)12-38-29(52)17(6)42-28(51)16(5)36/h14-22,25-26H,12-13,36H2,1-11H3,(H2,37,50)(H,38,52)(H,39,53)(H,40,48)(H,41,49)(H,42,51)(H,43,55)(H,44,54)(H,45,56)(H,46,58)(H,47,57)/t16-,17-,18-,19-,20-,21-,22-,25-,26-/m0/s1. The van der Waals surface area contributed by atoms with E-state index in [0.29, 0.717) is 0 Å². The summed E-state index contributed by atoms with van der Waals surface area (Å²) in [6.45, 7) is 15.1. The Morgan fingerprint density at radius 1 is 0.362 bits per heavy atom. The molecular weight excluding hydrogens is 764 g/mol. The van der Waals surface area contributed by atoms with E-state index in [1.54, 1.807) is 27.7 Å². The van der Waals surface area contributed by atoms with E-state index in [1.807, 2.05) is 0 Å². The zero-order valence-electron chi connectivity index (χ0n) is 34.9. The fraction of sp³-hybridized carbons (Fsp3) is 0.686. The van der Waals surface area contributed by atoms with Gasteiger partial charge in [-0.1, -0.05) is 27.7 Å². The van der Waals surface area contributed by atoms with Crippen molar-refractivity contribution in [2.75, 3.05) is 13.1 Å². The molecule has 0 spiro atoms. The smallest absolute Gasteiger partial charge is 0.243 e. The first-order chi connectivity index (χ1) is 26.7. The van der Waals surface area contributed by atoms with Crippen molar-refractivity contribution < 1.29 is 52.7 Å². The lowest BCUT2D eigenvalue weighted by molar-refractivity contribution is -0.134. The highest BCUT2D eigenvalue weighted by Gasteiger charge is 2.31. The number of carbonyl (C=O) groups excluding carboxylic acids is 11. The van der Waals surface area contributed by atoms with Gasteiger partial charge in [-0.2, -0.15) is 0 Å². The summed E-state index contributed by atoms with van der Waals surface area (Å²) in [6.07, 6.45) is 0. The Morgan fingerprint density at radius 2 is 0.638 bits per heavy atom. The maximum Gasteiger partial charge on any atom is 0.243 e. The first-order valence-electron chi connectivity index (χ1n) is 18.7. The third-order valence-corrected chi connectivity index (χ3v) is 8.33. The molecule has 0 radical (unpaired) electrons. The second kappa shape index (κ2) is 24.7. The molecule has 0 bridgehead atoms. The molecule has 0 heterocycles. The van der Waals surface area contributed by atoms with Crippen LogP contribution in [-0.4, -0.2) is 132 Å². The van der Waals surface area contributed by atoms with E-state index in [0.717, 1.165) is 0 Å². The molecule has 0 saturated heterocycles. The highest BCUT2D eigenvalue weighted by atomic mass is 16.2. The van der Waals surface area contributed by atoms with Crippen LogP contribution in [0.2, 0.25) is 0 Å². The van der Waals surface area contributed by atoms with Crippen LogP contribution >= 0.6 is 0 Å². The summed E-state index contributed by atoms with van der Waals surface area (Å²) in [5, 5.41) is 23.9. The molecule has 9 atom stereocenters. The molecule has 0 aromatic heterocycles. The van der Waals surface area contributed by atoms with E-state index < -0.39 is 138 Å². The molecule has 14 N–H and O–H groups in total. The number of amides is 11. The molecule has 0 aliphatic rings. The van der Waals surface area contributed by atoms with Gasteiger partial charge in [0.05, 0.1) is 19.1 Å². The van der Waals surface area contributed by atoms with Gasteiger partial charge in [0.15, 0.2) is 0 Å². The van der Waals surface area contributed by atoms with Crippen molar-refractivity contribution in [3.05, 3.63) is 0 Å². The van der Waals surface area contributed by atoms with Crippen LogP contribution in [0.1, 0.15) is 76.2 Å². The molecule has 23 nitrogen and oxygen atoms in total. The quantitative estimate of drug-likeness (QED) is 0.0459. The molecule has 0 rings (SSSR count). The predicted molar refractivity (Wildman–Crippen MR) is 208 cm³/mol. The summed E-state index contributed by atoms with van der Waals surface area (Å²) >= 11 is 0. The number of primary amides is 1. The maximum absolute atomic E-state index is 12.8.